The molecule has 1 rings (SSSR count). The van der Waals surface area contributed by atoms with Crippen molar-refractivity contribution in [2.45, 2.75) is 25.6 Å². The predicted molar refractivity (Wildman–Crippen MR) is 50.4 cm³/mol. The number of alkyl halides is 3. The molecule has 2 atom stereocenters. The van der Waals surface area contributed by atoms with E-state index in [1.807, 2.05) is 0 Å². The van der Waals surface area contributed by atoms with Crippen molar-refractivity contribution in [3.8, 4) is 0 Å². The number of nitrogens with two attached hydrogens (primary N) is 1. The van der Waals surface area contributed by atoms with Crippen LogP contribution in [0.25, 0.3) is 0 Å². The van der Waals surface area contributed by atoms with Crippen LogP contribution in [-0.2, 0) is 4.79 Å². The Bertz CT molecular complexity index is 280. The largest absolute Gasteiger partial charge is 0.398 e. The van der Waals surface area contributed by atoms with E-state index in [1.165, 1.54) is 6.92 Å². The molecule has 0 unspecified atom stereocenters. The van der Waals surface area contributed by atoms with Crippen LogP contribution in [0, 0.1) is 5.41 Å². The Labute approximate surface area is 91.2 Å². The average molecular weight is 240 g/mol. The van der Waals surface area contributed by atoms with Crippen LogP contribution in [0.5, 0.6) is 0 Å². The number of aliphatic hydroxyl groups excluding tert-OH is 1. The highest BCUT2D eigenvalue weighted by molar-refractivity contribution is 5.81. The third kappa shape index (κ3) is 2.15. The summed E-state index contributed by atoms with van der Waals surface area (Å²) in [5, 5.41) is 8.90. The number of hydrogen-bond donors (Lipinski definition) is 2. The van der Waals surface area contributed by atoms with E-state index in [0.717, 1.165) is 4.90 Å². The first-order chi connectivity index (χ1) is 7.23. The van der Waals surface area contributed by atoms with Gasteiger partial charge in [-0.2, -0.15) is 13.2 Å². The highest BCUT2D eigenvalue weighted by Crippen LogP contribution is 2.45. The molecule has 1 fully saturated rings. The first-order valence-electron chi connectivity index (χ1n) is 4.95. The minimum Gasteiger partial charge on any atom is -0.395 e. The standard InChI is InChI=1S/C9H15F3N2O2/c1-6(13)7(16)14-3-2-8(4-14,5-15)9(10,11)12/h6,15H,2-5,13H2,1H3/t6-,8-/m1/s1. The first-order valence-corrected chi connectivity index (χ1v) is 4.95. The Morgan fingerprint density at radius 1 is 1.62 bits per heavy atom. The van der Waals surface area contributed by atoms with Crippen LogP contribution in [0.1, 0.15) is 13.3 Å². The van der Waals surface area contributed by atoms with Crippen molar-refractivity contribution < 1.29 is 23.1 Å². The van der Waals surface area contributed by atoms with E-state index < -0.39 is 36.7 Å². The summed E-state index contributed by atoms with van der Waals surface area (Å²) in [5.74, 6) is -0.514. The van der Waals surface area contributed by atoms with E-state index in [9.17, 15) is 18.0 Å². The second-order valence-electron chi connectivity index (χ2n) is 4.23. The molecule has 0 saturated carbocycles. The molecule has 1 saturated heterocycles. The third-order valence-corrected chi connectivity index (χ3v) is 2.96. The summed E-state index contributed by atoms with van der Waals surface area (Å²) in [4.78, 5) is 12.5. The summed E-state index contributed by atoms with van der Waals surface area (Å²) in [6.45, 7) is -0.0953. The summed E-state index contributed by atoms with van der Waals surface area (Å²) < 4.78 is 38.2. The number of likely N-dealkylation sites (tertiary alicyclic amines) is 1. The van der Waals surface area contributed by atoms with Crippen LogP contribution in [0.4, 0.5) is 13.2 Å². The Morgan fingerprint density at radius 3 is 2.50 bits per heavy atom. The lowest BCUT2D eigenvalue weighted by Gasteiger charge is -2.29. The Balaban J connectivity index is 2.80. The highest BCUT2D eigenvalue weighted by Gasteiger charge is 2.58. The molecule has 94 valence electrons. The number of carbonyl (C=O) groups excluding carboxylic acids is 1. The third-order valence-electron chi connectivity index (χ3n) is 2.96. The molecule has 0 aliphatic carbocycles. The molecular weight excluding hydrogens is 225 g/mol. The zero-order valence-corrected chi connectivity index (χ0v) is 8.92. The lowest BCUT2D eigenvalue weighted by Crippen LogP contribution is -2.47. The van der Waals surface area contributed by atoms with Gasteiger partial charge in [0, 0.05) is 13.1 Å². The molecule has 0 bridgehead atoms. The zero-order chi connectivity index (χ0) is 12.6. The zero-order valence-electron chi connectivity index (χ0n) is 8.92. The molecule has 1 aliphatic heterocycles. The number of halogens is 3. The minimum absolute atomic E-state index is 0.0134. The van der Waals surface area contributed by atoms with Crippen molar-refractivity contribution >= 4 is 5.91 Å². The fourth-order valence-electron chi connectivity index (χ4n) is 1.80. The second kappa shape index (κ2) is 4.21. The summed E-state index contributed by atoms with van der Waals surface area (Å²) in [5.41, 5.74) is 3.14. The SMILES string of the molecule is C[C@@H](N)C(=O)N1CC[C@@](CO)(C(F)(F)F)C1. The quantitative estimate of drug-likeness (QED) is 0.719. The van der Waals surface area contributed by atoms with Gasteiger partial charge in [-0.3, -0.25) is 4.79 Å². The predicted octanol–water partition coefficient (Wildman–Crippen LogP) is 0.107. The van der Waals surface area contributed by atoms with Gasteiger partial charge in [0.1, 0.15) is 5.41 Å². The van der Waals surface area contributed by atoms with Crippen LogP contribution >= 0.6 is 0 Å². The van der Waals surface area contributed by atoms with Gasteiger partial charge >= 0.3 is 6.18 Å². The van der Waals surface area contributed by atoms with Crippen LogP contribution in [0.2, 0.25) is 0 Å². The molecule has 1 aliphatic rings. The van der Waals surface area contributed by atoms with Gasteiger partial charge in [-0.15, -0.1) is 0 Å². The Morgan fingerprint density at radius 2 is 2.19 bits per heavy atom. The molecule has 4 nitrogen and oxygen atoms in total. The molecule has 7 heteroatoms. The lowest BCUT2D eigenvalue weighted by molar-refractivity contribution is -0.230. The summed E-state index contributed by atoms with van der Waals surface area (Å²) in [6.07, 6.45) is -4.78. The molecule has 1 heterocycles. The normalized spacial score (nSPS) is 28.2. The minimum atomic E-state index is -4.51. The number of hydrogen-bond acceptors (Lipinski definition) is 3. The highest BCUT2D eigenvalue weighted by atomic mass is 19.4. The molecule has 0 aromatic heterocycles. The summed E-state index contributed by atoms with van der Waals surface area (Å²) >= 11 is 0. The maximum Gasteiger partial charge on any atom is 0.398 e. The van der Waals surface area contributed by atoms with Crippen molar-refractivity contribution in [1.29, 1.82) is 0 Å². The van der Waals surface area contributed by atoms with E-state index in [4.69, 9.17) is 10.8 Å². The van der Waals surface area contributed by atoms with Gasteiger partial charge in [-0.05, 0) is 13.3 Å². The number of amides is 1. The van der Waals surface area contributed by atoms with E-state index in [-0.39, 0.29) is 13.0 Å². The van der Waals surface area contributed by atoms with E-state index in [2.05, 4.69) is 0 Å². The van der Waals surface area contributed by atoms with Gasteiger partial charge in [0.15, 0.2) is 0 Å². The Kier molecular flexibility index (Phi) is 3.49. The monoisotopic (exact) mass is 240 g/mol. The maximum absolute atomic E-state index is 12.7. The van der Waals surface area contributed by atoms with Gasteiger partial charge in [-0.25, -0.2) is 0 Å². The molecule has 0 radical (unpaired) electrons. The maximum atomic E-state index is 12.7. The Hall–Kier alpha value is -0.820. The number of nitrogens with zero attached hydrogens (tertiary/aromatic N) is 1. The van der Waals surface area contributed by atoms with Crippen molar-refractivity contribution in [2.75, 3.05) is 19.7 Å². The number of aliphatic hydroxyl groups is 1. The van der Waals surface area contributed by atoms with Crippen molar-refractivity contribution in [2.24, 2.45) is 11.1 Å². The van der Waals surface area contributed by atoms with Gasteiger partial charge < -0.3 is 15.7 Å². The topological polar surface area (TPSA) is 66.6 Å². The molecule has 0 aromatic rings. The van der Waals surface area contributed by atoms with E-state index >= 15 is 0 Å². The van der Waals surface area contributed by atoms with Crippen LogP contribution in [0.3, 0.4) is 0 Å². The van der Waals surface area contributed by atoms with Crippen molar-refractivity contribution in [3.63, 3.8) is 0 Å². The fourth-order valence-corrected chi connectivity index (χ4v) is 1.80. The molecule has 3 N–H and O–H groups in total. The molecule has 0 spiro atoms. The van der Waals surface area contributed by atoms with Crippen molar-refractivity contribution in [1.82, 2.24) is 4.90 Å². The fraction of sp³-hybridized carbons (Fsp3) is 0.889. The van der Waals surface area contributed by atoms with E-state index in [0.29, 0.717) is 0 Å². The van der Waals surface area contributed by atoms with Gasteiger partial charge in [-0.1, -0.05) is 0 Å². The van der Waals surface area contributed by atoms with Crippen LogP contribution < -0.4 is 5.73 Å². The molecule has 0 aromatic carbocycles. The number of carbonyl (C=O) groups is 1. The van der Waals surface area contributed by atoms with Gasteiger partial charge in [0.05, 0.1) is 12.6 Å². The lowest BCUT2D eigenvalue weighted by atomic mass is 9.87. The van der Waals surface area contributed by atoms with Crippen molar-refractivity contribution in [3.05, 3.63) is 0 Å². The van der Waals surface area contributed by atoms with Gasteiger partial charge in [0.25, 0.3) is 0 Å². The molecule has 16 heavy (non-hydrogen) atoms. The van der Waals surface area contributed by atoms with Gasteiger partial charge in [0.2, 0.25) is 5.91 Å². The van der Waals surface area contributed by atoms with Crippen LogP contribution in [-0.4, -0.2) is 47.8 Å². The number of rotatable bonds is 2. The molecular formula is C9H15F3N2O2. The molecule has 1 amide bonds. The summed E-state index contributed by atoms with van der Waals surface area (Å²) in [7, 11) is 0. The first kappa shape index (κ1) is 13.2. The van der Waals surface area contributed by atoms with Crippen LogP contribution in [0.15, 0.2) is 0 Å². The summed E-state index contributed by atoms with van der Waals surface area (Å²) in [6, 6.07) is -0.817. The average Bonchev–Trinajstić information content (AvgIpc) is 2.60. The van der Waals surface area contributed by atoms with E-state index in [1.54, 1.807) is 0 Å². The smallest absolute Gasteiger partial charge is 0.395 e. The second-order valence-corrected chi connectivity index (χ2v) is 4.23.